The topological polar surface area (TPSA) is 78.4 Å². The monoisotopic (exact) mass is 340 g/mol. The number of rotatable bonds is 3. The fourth-order valence-corrected chi connectivity index (χ4v) is 2.58. The van der Waals surface area contributed by atoms with Crippen LogP contribution >= 0.6 is 0 Å². The molecule has 2 heterocycles. The number of nitrogens with one attached hydrogen (secondary N) is 1. The van der Waals surface area contributed by atoms with Crippen molar-refractivity contribution in [3.05, 3.63) is 48.0 Å². The molecule has 0 saturated carbocycles. The van der Waals surface area contributed by atoms with Crippen LogP contribution in [0.5, 0.6) is 23.0 Å². The van der Waals surface area contributed by atoms with Gasteiger partial charge >= 0.3 is 0 Å². The summed E-state index contributed by atoms with van der Waals surface area (Å²) in [6.45, 7) is 1.14. The Bertz CT molecular complexity index is 821. The van der Waals surface area contributed by atoms with Crippen LogP contribution in [0.3, 0.4) is 0 Å². The zero-order valence-electron chi connectivity index (χ0n) is 13.3. The minimum absolute atomic E-state index is 0.135. The predicted molar refractivity (Wildman–Crippen MR) is 89.5 cm³/mol. The molecule has 0 aromatic heterocycles. The highest BCUT2D eigenvalue weighted by atomic mass is 16.6. The lowest BCUT2D eigenvalue weighted by Gasteiger charge is -2.24. The number of fused-ring (bicyclic) bond motifs is 2. The summed E-state index contributed by atoms with van der Waals surface area (Å²) < 4.78 is 22.3. The van der Waals surface area contributed by atoms with E-state index in [0.29, 0.717) is 36.2 Å². The van der Waals surface area contributed by atoms with Crippen LogP contribution in [0.15, 0.2) is 47.6 Å². The van der Waals surface area contributed by atoms with Crippen molar-refractivity contribution in [1.29, 1.82) is 0 Å². The number of carbonyl (C=O) groups excluding carboxylic acids is 1. The van der Waals surface area contributed by atoms with Crippen molar-refractivity contribution in [2.75, 3.05) is 19.8 Å². The third kappa shape index (κ3) is 3.21. The minimum Gasteiger partial charge on any atom is -0.486 e. The highest BCUT2D eigenvalue weighted by Crippen LogP contribution is 2.32. The number of hydrazone groups is 1. The van der Waals surface area contributed by atoms with Gasteiger partial charge in [0, 0.05) is 5.56 Å². The van der Waals surface area contributed by atoms with Crippen molar-refractivity contribution < 1.29 is 23.7 Å². The van der Waals surface area contributed by atoms with E-state index in [-0.39, 0.29) is 12.5 Å². The predicted octanol–water partition coefficient (Wildman–Crippen LogP) is 1.75. The molecule has 7 heteroatoms. The Morgan fingerprint density at radius 1 is 1.00 bits per heavy atom. The Kier molecular flexibility index (Phi) is 4.12. The molecule has 4 rings (SSSR count). The second kappa shape index (κ2) is 6.72. The second-order valence-electron chi connectivity index (χ2n) is 5.47. The number of para-hydroxylation sites is 3. The second-order valence-corrected chi connectivity index (χ2v) is 5.47. The number of hydrogen-bond acceptors (Lipinski definition) is 6. The summed E-state index contributed by atoms with van der Waals surface area (Å²) in [4.78, 5) is 12.2. The van der Waals surface area contributed by atoms with Crippen LogP contribution in [0.1, 0.15) is 5.56 Å². The van der Waals surface area contributed by atoms with Gasteiger partial charge in [-0.15, -0.1) is 0 Å². The van der Waals surface area contributed by atoms with Gasteiger partial charge in [0.25, 0.3) is 5.91 Å². The lowest BCUT2D eigenvalue weighted by Crippen LogP contribution is -2.42. The van der Waals surface area contributed by atoms with E-state index in [4.69, 9.17) is 18.9 Å². The summed E-state index contributed by atoms with van der Waals surface area (Å²) in [5, 5.41) is 3.99. The van der Waals surface area contributed by atoms with E-state index in [2.05, 4.69) is 10.5 Å². The number of hydrogen-bond donors (Lipinski definition) is 1. The van der Waals surface area contributed by atoms with Gasteiger partial charge in [-0.25, -0.2) is 5.43 Å². The first-order valence-electron chi connectivity index (χ1n) is 7.91. The molecule has 1 amide bonds. The molecule has 0 saturated heterocycles. The van der Waals surface area contributed by atoms with Gasteiger partial charge < -0.3 is 18.9 Å². The highest BCUT2D eigenvalue weighted by Gasteiger charge is 2.27. The standard InChI is InChI=1S/C18H16N2O5/c21-18(16-11-24-13-5-1-2-6-14(13)25-16)20-19-10-12-4-3-7-15-17(12)23-9-8-22-15/h1-7,10,16H,8-9,11H2,(H,20,21)/b19-10-/t16-/m0/s1. The van der Waals surface area contributed by atoms with Crippen LogP contribution in [-0.4, -0.2) is 38.0 Å². The van der Waals surface area contributed by atoms with Gasteiger partial charge in [-0.3, -0.25) is 4.79 Å². The Hall–Kier alpha value is -3.22. The maximum atomic E-state index is 12.2. The molecule has 0 spiro atoms. The Balaban J connectivity index is 1.40. The zero-order chi connectivity index (χ0) is 17.1. The molecule has 2 aromatic carbocycles. The van der Waals surface area contributed by atoms with Gasteiger partial charge in [0.1, 0.15) is 19.8 Å². The first kappa shape index (κ1) is 15.3. The summed E-state index contributed by atoms with van der Waals surface area (Å²) in [7, 11) is 0. The molecule has 128 valence electrons. The van der Waals surface area contributed by atoms with Gasteiger partial charge in [0.2, 0.25) is 6.10 Å². The average molecular weight is 340 g/mol. The number of nitrogens with zero attached hydrogens (tertiary/aromatic N) is 1. The molecule has 0 bridgehead atoms. The lowest BCUT2D eigenvalue weighted by molar-refractivity contribution is -0.130. The summed E-state index contributed by atoms with van der Waals surface area (Å²) in [5.74, 6) is 2.08. The molecule has 2 aromatic rings. The first-order chi connectivity index (χ1) is 12.3. The molecule has 25 heavy (non-hydrogen) atoms. The SMILES string of the molecule is O=C(N/N=C\c1cccc2c1OCCO2)[C@@H]1COc2ccccc2O1. The molecule has 1 atom stereocenters. The molecule has 0 unspecified atom stereocenters. The van der Waals surface area contributed by atoms with Crippen molar-refractivity contribution in [2.24, 2.45) is 5.10 Å². The molecule has 0 fully saturated rings. The van der Waals surface area contributed by atoms with E-state index in [1.165, 1.54) is 6.21 Å². The largest absolute Gasteiger partial charge is 0.486 e. The molecule has 7 nitrogen and oxygen atoms in total. The molecule has 2 aliphatic heterocycles. The van der Waals surface area contributed by atoms with Crippen molar-refractivity contribution >= 4 is 12.1 Å². The Morgan fingerprint density at radius 2 is 1.80 bits per heavy atom. The number of carbonyl (C=O) groups is 1. The van der Waals surface area contributed by atoms with E-state index in [1.807, 2.05) is 30.3 Å². The number of ether oxygens (including phenoxy) is 4. The highest BCUT2D eigenvalue weighted by molar-refractivity contribution is 5.87. The van der Waals surface area contributed by atoms with Crippen LogP contribution in [0.2, 0.25) is 0 Å². The fraction of sp³-hybridized carbons (Fsp3) is 0.222. The third-order valence-electron chi connectivity index (χ3n) is 3.78. The summed E-state index contributed by atoms with van der Waals surface area (Å²) in [5.41, 5.74) is 3.19. The van der Waals surface area contributed by atoms with Gasteiger partial charge in [-0.1, -0.05) is 18.2 Å². The number of benzene rings is 2. The normalized spacial score (nSPS) is 18.0. The minimum atomic E-state index is -0.753. The molecule has 1 N–H and O–H groups in total. The van der Waals surface area contributed by atoms with Crippen LogP contribution in [0.4, 0.5) is 0 Å². The summed E-state index contributed by atoms with van der Waals surface area (Å²) in [6.07, 6.45) is 0.764. The van der Waals surface area contributed by atoms with E-state index in [9.17, 15) is 4.79 Å². The van der Waals surface area contributed by atoms with Gasteiger partial charge in [-0.05, 0) is 24.3 Å². The van der Waals surface area contributed by atoms with Crippen molar-refractivity contribution in [2.45, 2.75) is 6.10 Å². The average Bonchev–Trinajstić information content (AvgIpc) is 2.67. The molecular weight excluding hydrogens is 324 g/mol. The van der Waals surface area contributed by atoms with Gasteiger partial charge in [-0.2, -0.15) is 5.10 Å². The van der Waals surface area contributed by atoms with Gasteiger partial charge in [0.15, 0.2) is 23.0 Å². The molecule has 0 radical (unpaired) electrons. The van der Waals surface area contributed by atoms with Crippen LogP contribution in [0.25, 0.3) is 0 Å². The smallest absolute Gasteiger partial charge is 0.284 e. The summed E-state index contributed by atoms with van der Waals surface area (Å²) >= 11 is 0. The number of amides is 1. The molecular formula is C18H16N2O5. The van der Waals surface area contributed by atoms with Crippen LogP contribution in [-0.2, 0) is 4.79 Å². The fourth-order valence-electron chi connectivity index (χ4n) is 2.58. The first-order valence-corrected chi connectivity index (χ1v) is 7.91. The van der Waals surface area contributed by atoms with Crippen LogP contribution < -0.4 is 24.4 Å². The maximum Gasteiger partial charge on any atom is 0.284 e. The Morgan fingerprint density at radius 3 is 2.72 bits per heavy atom. The third-order valence-corrected chi connectivity index (χ3v) is 3.78. The van der Waals surface area contributed by atoms with Crippen molar-refractivity contribution in [3.8, 4) is 23.0 Å². The quantitative estimate of drug-likeness (QED) is 0.680. The van der Waals surface area contributed by atoms with Gasteiger partial charge in [0.05, 0.1) is 6.21 Å². The van der Waals surface area contributed by atoms with E-state index in [1.54, 1.807) is 12.1 Å². The van der Waals surface area contributed by atoms with E-state index in [0.717, 1.165) is 5.56 Å². The lowest BCUT2D eigenvalue weighted by atomic mass is 10.2. The van der Waals surface area contributed by atoms with Crippen molar-refractivity contribution in [1.82, 2.24) is 5.43 Å². The van der Waals surface area contributed by atoms with E-state index >= 15 is 0 Å². The van der Waals surface area contributed by atoms with Crippen molar-refractivity contribution in [3.63, 3.8) is 0 Å². The summed E-state index contributed by atoms with van der Waals surface area (Å²) in [6, 6.07) is 12.7. The molecule has 2 aliphatic rings. The van der Waals surface area contributed by atoms with E-state index < -0.39 is 6.10 Å². The zero-order valence-corrected chi connectivity index (χ0v) is 13.3. The maximum absolute atomic E-state index is 12.2. The molecule has 0 aliphatic carbocycles. The van der Waals surface area contributed by atoms with Crippen LogP contribution in [0, 0.1) is 0 Å². The Labute approximate surface area is 144 Å².